The first kappa shape index (κ1) is 12.3. The lowest BCUT2D eigenvalue weighted by molar-refractivity contribution is 0.209. The predicted molar refractivity (Wildman–Crippen MR) is 62.0 cm³/mol. The minimum absolute atomic E-state index is 0.289. The lowest BCUT2D eigenvalue weighted by atomic mass is 10.1. The molecule has 0 aromatic heterocycles. The van der Waals surface area contributed by atoms with Gasteiger partial charge in [0.1, 0.15) is 5.75 Å². The summed E-state index contributed by atoms with van der Waals surface area (Å²) in [6.07, 6.45) is 0.765. The SMILES string of the molecule is COc1cccc(CCN(C)C(=O)NN)c1. The van der Waals surface area contributed by atoms with Crippen molar-refractivity contribution in [1.82, 2.24) is 10.3 Å². The van der Waals surface area contributed by atoms with Gasteiger partial charge in [-0.3, -0.25) is 5.43 Å². The van der Waals surface area contributed by atoms with Gasteiger partial charge in [0, 0.05) is 13.6 Å². The van der Waals surface area contributed by atoms with E-state index in [4.69, 9.17) is 10.6 Å². The van der Waals surface area contributed by atoms with Gasteiger partial charge in [0.2, 0.25) is 0 Å². The number of likely N-dealkylation sites (N-methyl/N-ethyl adjacent to an activating group) is 1. The molecule has 0 aliphatic carbocycles. The number of methoxy groups -OCH3 is 1. The van der Waals surface area contributed by atoms with E-state index in [1.165, 1.54) is 4.90 Å². The maximum Gasteiger partial charge on any atom is 0.331 e. The number of nitrogens with one attached hydrogen (secondary N) is 1. The molecule has 0 aliphatic heterocycles. The molecule has 5 heteroatoms. The molecule has 0 fully saturated rings. The number of urea groups is 1. The molecular weight excluding hydrogens is 206 g/mol. The molecule has 1 aromatic carbocycles. The van der Waals surface area contributed by atoms with Gasteiger partial charge >= 0.3 is 6.03 Å². The molecule has 3 N–H and O–H groups in total. The van der Waals surface area contributed by atoms with Crippen molar-refractivity contribution >= 4 is 6.03 Å². The summed E-state index contributed by atoms with van der Waals surface area (Å²) in [7, 11) is 3.33. The molecule has 0 saturated carbocycles. The smallest absolute Gasteiger partial charge is 0.331 e. The molecule has 0 bridgehead atoms. The average molecular weight is 223 g/mol. The van der Waals surface area contributed by atoms with Crippen LogP contribution in [-0.2, 0) is 6.42 Å². The third-order valence-electron chi connectivity index (χ3n) is 2.34. The molecule has 1 rings (SSSR count). The van der Waals surface area contributed by atoms with Crippen LogP contribution in [0.4, 0.5) is 4.79 Å². The molecule has 0 radical (unpaired) electrons. The molecule has 16 heavy (non-hydrogen) atoms. The fraction of sp³-hybridized carbons (Fsp3) is 0.364. The van der Waals surface area contributed by atoms with E-state index in [-0.39, 0.29) is 6.03 Å². The van der Waals surface area contributed by atoms with Crippen LogP contribution < -0.4 is 16.0 Å². The molecule has 0 aliphatic rings. The third-order valence-corrected chi connectivity index (χ3v) is 2.34. The first-order valence-electron chi connectivity index (χ1n) is 5.02. The van der Waals surface area contributed by atoms with Gasteiger partial charge in [0.25, 0.3) is 0 Å². The zero-order chi connectivity index (χ0) is 12.0. The van der Waals surface area contributed by atoms with Gasteiger partial charge in [-0.1, -0.05) is 12.1 Å². The molecule has 0 unspecified atom stereocenters. The first-order valence-corrected chi connectivity index (χ1v) is 5.02. The van der Waals surface area contributed by atoms with Crippen LogP contribution in [0.2, 0.25) is 0 Å². The van der Waals surface area contributed by atoms with E-state index in [9.17, 15) is 4.79 Å². The Bertz CT molecular complexity index is 355. The molecule has 1 aromatic rings. The Morgan fingerprint density at radius 2 is 2.31 bits per heavy atom. The maximum absolute atomic E-state index is 11.1. The second-order valence-corrected chi connectivity index (χ2v) is 3.47. The minimum Gasteiger partial charge on any atom is -0.497 e. The van der Waals surface area contributed by atoms with Crippen molar-refractivity contribution in [3.05, 3.63) is 29.8 Å². The highest BCUT2D eigenvalue weighted by molar-refractivity contribution is 5.73. The Labute approximate surface area is 95.2 Å². The summed E-state index contributed by atoms with van der Waals surface area (Å²) in [5.41, 5.74) is 3.21. The number of amides is 2. The Morgan fingerprint density at radius 3 is 2.94 bits per heavy atom. The highest BCUT2D eigenvalue weighted by Gasteiger charge is 2.05. The van der Waals surface area contributed by atoms with Crippen molar-refractivity contribution in [3.8, 4) is 5.75 Å². The summed E-state index contributed by atoms with van der Waals surface area (Å²) in [4.78, 5) is 12.6. The van der Waals surface area contributed by atoms with E-state index in [2.05, 4.69) is 5.43 Å². The highest BCUT2D eigenvalue weighted by Crippen LogP contribution is 2.12. The monoisotopic (exact) mass is 223 g/mol. The molecule has 0 saturated heterocycles. The highest BCUT2D eigenvalue weighted by atomic mass is 16.5. The summed E-state index contributed by atoms with van der Waals surface area (Å²) >= 11 is 0. The number of rotatable bonds is 4. The molecule has 88 valence electrons. The predicted octanol–water partition coefficient (Wildman–Crippen LogP) is 0.753. The quantitative estimate of drug-likeness (QED) is 0.449. The molecular formula is C11H17N3O2. The number of nitrogens with zero attached hydrogens (tertiary/aromatic N) is 1. The van der Waals surface area contributed by atoms with E-state index < -0.39 is 0 Å². The number of nitrogens with two attached hydrogens (primary N) is 1. The zero-order valence-corrected chi connectivity index (χ0v) is 9.56. The Kier molecular flexibility index (Phi) is 4.60. The van der Waals surface area contributed by atoms with Gasteiger partial charge < -0.3 is 9.64 Å². The number of benzene rings is 1. The Balaban J connectivity index is 2.51. The topological polar surface area (TPSA) is 67.6 Å². The van der Waals surface area contributed by atoms with Gasteiger partial charge in [0.05, 0.1) is 7.11 Å². The minimum atomic E-state index is -0.289. The van der Waals surface area contributed by atoms with Gasteiger partial charge in [0.15, 0.2) is 0 Å². The molecule has 5 nitrogen and oxygen atoms in total. The van der Waals surface area contributed by atoms with Crippen LogP contribution >= 0.6 is 0 Å². The summed E-state index contributed by atoms with van der Waals surface area (Å²) < 4.78 is 5.12. The standard InChI is InChI=1S/C11H17N3O2/c1-14(11(15)13-12)7-6-9-4-3-5-10(8-9)16-2/h3-5,8H,6-7,12H2,1-2H3,(H,13,15). The van der Waals surface area contributed by atoms with Crippen LogP contribution in [0, 0.1) is 0 Å². The normalized spacial score (nSPS) is 9.69. The number of carbonyl (C=O) groups excluding carboxylic acids is 1. The van der Waals surface area contributed by atoms with Gasteiger partial charge in [-0.15, -0.1) is 0 Å². The van der Waals surface area contributed by atoms with E-state index in [0.717, 1.165) is 17.7 Å². The molecule has 2 amide bonds. The number of ether oxygens (including phenoxy) is 1. The number of hydrazine groups is 1. The van der Waals surface area contributed by atoms with Crippen molar-refractivity contribution in [1.29, 1.82) is 0 Å². The second-order valence-electron chi connectivity index (χ2n) is 3.47. The summed E-state index contributed by atoms with van der Waals surface area (Å²) in [6, 6.07) is 7.48. The van der Waals surface area contributed by atoms with E-state index in [1.807, 2.05) is 24.3 Å². The van der Waals surface area contributed by atoms with Crippen LogP contribution in [-0.4, -0.2) is 31.6 Å². The van der Waals surface area contributed by atoms with Gasteiger partial charge in [-0.2, -0.15) is 0 Å². The number of carbonyl (C=O) groups is 1. The van der Waals surface area contributed by atoms with Crippen molar-refractivity contribution in [2.45, 2.75) is 6.42 Å². The third kappa shape index (κ3) is 3.43. The fourth-order valence-corrected chi connectivity index (χ4v) is 1.34. The van der Waals surface area contributed by atoms with Crippen LogP contribution in [0.25, 0.3) is 0 Å². The van der Waals surface area contributed by atoms with E-state index in [1.54, 1.807) is 14.2 Å². The Hall–Kier alpha value is -1.75. The van der Waals surface area contributed by atoms with Crippen molar-refractivity contribution in [2.75, 3.05) is 20.7 Å². The van der Waals surface area contributed by atoms with Gasteiger partial charge in [-0.05, 0) is 24.1 Å². The molecule has 0 spiro atoms. The van der Waals surface area contributed by atoms with E-state index in [0.29, 0.717) is 6.54 Å². The summed E-state index contributed by atoms with van der Waals surface area (Å²) in [6.45, 7) is 0.607. The van der Waals surface area contributed by atoms with Gasteiger partial charge in [-0.25, -0.2) is 10.6 Å². The largest absolute Gasteiger partial charge is 0.497 e. The van der Waals surface area contributed by atoms with Crippen molar-refractivity contribution in [3.63, 3.8) is 0 Å². The van der Waals surface area contributed by atoms with Crippen LogP contribution in [0.15, 0.2) is 24.3 Å². The first-order chi connectivity index (χ1) is 7.67. The summed E-state index contributed by atoms with van der Waals surface area (Å²) in [5.74, 6) is 5.85. The van der Waals surface area contributed by atoms with Crippen molar-refractivity contribution < 1.29 is 9.53 Å². The summed E-state index contributed by atoms with van der Waals surface area (Å²) in [5, 5.41) is 0. The number of hydrogen-bond donors (Lipinski definition) is 2. The van der Waals surface area contributed by atoms with Crippen LogP contribution in [0.1, 0.15) is 5.56 Å². The Morgan fingerprint density at radius 1 is 1.56 bits per heavy atom. The second kappa shape index (κ2) is 5.97. The van der Waals surface area contributed by atoms with Crippen molar-refractivity contribution in [2.24, 2.45) is 5.84 Å². The lowest BCUT2D eigenvalue weighted by Crippen LogP contribution is -2.41. The van der Waals surface area contributed by atoms with Crippen LogP contribution in [0.3, 0.4) is 0 Å². The molecule has 0 heterocycles. The van der Waals surface area contributed by atoms with Crippen LogP contribution in [0.5, 0.6) is 5.75 Å². The fourth-order valence-electron chi connectivity index (χ4n) is 1.34. The lowest BCUT2D eigenvalue weighted by Gasteiger charge is -2.16. The maximum atomic E-state index is 11.1. The molecule has 0 atom stereocenters. The zero-order valence-electron chi connectivity index (χ0n) is 9.56. The van der Waals surface area contributed by atoms with E-state index >= 15 is 0 Å². The number of hydrogen-bond acceptors (Lipinski definition) is 3. The average Bonchev–Trinajstić information content (AvgIpc) is 2.35.